The molecule has 100 valence electrons. The Morgan fingerprint density at radius 2 is 2.17 bits per heavy atom. The summed E-state index contributed by atoms with van der Waals surface area (Å²) < 4.78 is 4.81. The molecule has 0 aromatic rings. The number of amides is 1. The van der Waals surface area contributed by atoms with Crippen molar-refractivity contribution in [3.63, 3.8) is 0 Å². The average molecular weight is 255 g/mol. The first-order valence-corrected chi connectivity index (χ1v) is 5.44. The van der Waals surface area contributed by atoms with Gasteiger partial charge in [0.1, 0.15) is 11.6 Å². The number of nitriles is 1. The monoisotopic (exact) mass is 255 g/mol. The molecule has 0 saturated carbocycles. The Kier molecular flexibility index (Phi) is 8.95. The number of carbonyl (C=O) groups excluding carboxylic acids is 1. The van der Waals surface area contributed by atoms with Gasteiger partial charge in [-0.2, -0.15) is 5.26 Å². The van der Waals surface area contributed by atoms with Crippen molar-refractivity contribution >= 4 is 11.9 Å². The molecule has 7 nitrogen and oxygen atoms in total. The van der Waals surface area contributed by atoms with Crippen LogP contribution < -0.4 is 10.6 Å². The highest BCUT2D eigenvalue weighted by Gasteiger charge is 2.07. The number of nitrogens with one attached hydrogen (secondary N) is 2. The quantitative estimate of drug-likeness (QED) is 0.294. The zero-order chi connectivity index (χ0) is 13.8. The molecule has 0 unspecified atom stereocenters. The highest BCUT2D eigenvalue weighted by molar-refractivity contribution is 5.97. The van der Waals surface area contributed by atoms with Crippen molar-refractivity contribution in [2.45, 2.75) is 12.8 Å². The normalized spacial score (nSPS) is 10.6. The SMILES string of the molecule is COCCCNC(=O)/C(C#N)=C\NCCC(=O)O. The van der Waals surface area contributed by atoms with Crippen LogP contribution in [0.15, 0.2) is 11.8 Å². The van der Waals surface area contributed by atoms with E-state index in [2.05, 4.69) is 10.6 Å². The lowest BCUT2D eigenvalue weighted by molar-refractivity contribution is -0.136. The average Bonchev–Trinajstić information content (AvgIpc) is 2.34. The van der Waals surface area contributed by atoms with Crippen LogP contribution in [0.4, 0.5) is 0 Å². The largest absolute Gasteiger partial charge is 0.481 e. The molecular weight excluding hydrogens is 238 g/mol. The molecule has 0 aliphatic rings. The zero-order valence-electron chi connectivity index (χ0n) is 10.2. The van der Waals surface area contributed by atoms with Gasteiger partial charge in [-0.05, 0) is 6.42 Å². The molecule has 0 rings (SSSR count). The Morgan fingerprint density at radius 1 is 1.44 bits per heavy atom. The van der Waals surface area contributed by atoms with Gasteiger partial charge in [0.15, 0.2) is 0 Å². The lowest BCUT2D eigenvalue weighted by Gasteiger charge is -2.04. The Labute approximate surface area is 105 Å². The van der Waals surface area contributed by atoms with Crippen LogP contribution in [0.1, 0.15) is 12.8 Å². The number of methoxy groups -OCH3 is 1. The molecule has 18 heavy (non-hydrogen) atoms. The number of aliphatic carboxylic acids is 1. The molecule has 3 N–H and O–H groups in total. The predicted molar refractivity (Wildman–Crippen MR) is 63.5 cm³/mol. The standard InChI is InChI=1S/C11H17N3O4/c1-18-6-2-4-14-11(17)9(7-12)8-13-5-3-10(15)16/h8,13H,2-6H2,1H3,(H,14,17)(H,15,16)/b9-8-. The van der Waals surface area contributed by atoms with Gasteiger partial charge >= 0.3 is 5.97 Å². The predicted octanol–water partition coefficient (Wildman–Crippen LogP) is -0.389. The van der Waals surface area contributed by atoms with E-state index >= 15 is 0 Å². The minimum atomic E-state index is -0.946. The molecule has 0 spiro atoms. The van der Waals surface area contributed by atoms with E-state index in [-0.39, 0.29) is 18.5 Å². The maximum Gasteiger partial charge on any atom is 0.305 e. The second kappa shape index (κ2) is 10.1. The lowest BCUT2D eigenvalue weighted by atomic mass is 10.3. The molecule has 0 atom stereocenters. The van der Waals surface area contributed by atoms with Gasteiger partial charge in [0, 0.05) is 33.0 Å². The Hall–Kier alpha value is -2.07. The van der Waals surface area contributed by atoms with Crippen LogP contribution >= 0.6 is 0 Å². The van der Waals surface area contributed by atoms with Gasteiger partial charge in [-0.15, -0.1) is 0 Å². The van der Waals surface area contributed by atoms with Gasteiger partial charge in [-0.1, -0.05) is 0 Å². The van der Waals surface area contributed by atoms with Crippen molar-refractivity contribution in [2.24, 2.45) is 0 Å². The summed E-state index contributed by atoms with van der Waals surface area (Å²) in [6, 6.07) is 1.74. The number of nitrogens with zero attached hydrogens (tertiary/aromatic N) is 1. The van der Waals surface area contributed by atoms with Crippen molar-refractivity contribution < 1.29 is 19.4 Å². The third-order valence-corrected chi connectivity index (χ3v) is 1.91. The van der Waals surface area contributed by atoms with E-state index in [0.29, 0.717) is 19.6 Å². The third-order valence-electron chi connectivity index (χ3n) is 1.91. The van der Waals surface area contributed by atoms with E-state index in [1.54, 1.807) is 13.2 Å². The smallest absolute Gasteiger partial charge is 0.305 e. The first-order valence-electron chi connectivity index (χ1n) is 5.44. The highest BCUT2D eigenvalue weighted by atomic mass is 16.5. The van der Waals surface area contributed by atoms with Gasteiger partial charge < -0.3 is 20.5 Å². The fourth-order valence-corrected chi connectivity index (χ4v) is 1.02. The van der Waals surface area contributed by atoms with Crippen LogP contribution in [0.5, 0.6) is 0 Å². The zero-order valence-corrected chi connectivity index (χ0v) is 10.2. The molecule has 0 radical (unpaired) electrons. The van der Waals surface area contributed by atoms with Gasteiger partial charge in [-0.25, -0.2) is 0 Å². The van der Waals surface area contributed by atoms with Crippen molar-refractivity contribution in [3.05, 3.63) is 11.8 Å². The summed E-state index contributed by atoms with van der Waals surface area (Å²) >= 11 is 0. The third kappa shape index (κ3) is 8.13. The minimum Gasteiger partial charge on any atom is -0.481 e. The number of ether oxygens (including phenoxy) is 1. The van der Waals surface area contributed by atoms with Crippen molar-refractivity contribution in [2.75, 3.05) is 26.8 Å². The highest BCUT2D eigenvalue weighted by Crippen LogP contribution is 1.91. The second-order valence-electron chi connectivity index (χ2n) is 3.37. The van der Waals surface area contributed by atoms with Gasteiger partial charge in [0.25, 0.3) is 5.91 Å². The van der Waals surface area contributed by atoms with Crippen LogP contribution in [-0.2, 0) is 14.3 Å². The van der Waals surface area contributed by atoms with Gasteiger partial charge in [-0.3, -0.25) is 9.59 Å². The summed E-state index contributed by atoms with van der Waals surface area (Å²) in [5, 5.41) is 22.3. The Morgan fingerprint density at radius 3 is 2.72 bits per heavy atom. The molecule has 0 saturated heterocycles. The molecule has 0 fully saturated rings. The minimum absolute atomic E-state index is 0.0787. The maximum absolute atomic E-state index is 11.5. The van der Waals surface area contributed by atoms with Gasteiger partial charge in [0.05, 0.1) is 6.42 Å². The summed E-state index contributed by atoms with van der Waals surface area (Å²) in [6.07, 6.45) is 1.80. The Balaban J connectivity index is 3.99. The Bertz CT molecular complexity index is 347. The summed E-state index contributed by atoms with van der Waals surface area (Å²) in [6.45, 7) is 1.11. The van der Waals surface area contributed by atoms with Gasteiger partial charge in [0.2, 0.25) is 0 Å². The lowest BCUT2D eigenvalue weighted by Crippen LogP contribution is -2.27. The second-order valence-corrected chi connectivity index (χ2v) is 3.37. The van der Waals surface area contributed by atoms with Crippen LogP contribution in [0.3, 0.4) is 0 Å². The first kappa shape index (κ1) is 15.9. The molecule has 0 aromatic carbocycles. The summed E-state index contributed by atoms with van der Waals surface area (Å²) in [5.41, 5.74) is -0.0854. The van der Waals surface area contributed by atoms with Crippen LogP contribution in [0, 0.1) is 11.3 Å². The molecule has 0 aliphatic heterocycles. The van der Waals surface area contributed by atoms with E-state index in [0.717, 1.165) is 0 Å². The van der Waals surface area contributed by atoms with Crippen molar-refractivity contribution in [3.8, 4) is 6.07 Å². The van der Waals surface area contributed by atoms with Crippen molar-refractivity contribution in [1.82, 2.24) is 10.6 Å². The molecular formula is C11H17N3O4. The number of carboxylic acids is 1. The fraction of sp³-hybridized carbons (Fsp3) is 0.545. The molecule has 0 aliphatic carbocycles. The summed E-state index contributed by atoms with van der Waals surface area (Å²) in [7, 11) is 1.56. The number of hydrogen-bond acceptors (Lipinski definition) is 5. The molecule has 7 heteroatoms. The van der Waals surface area contributed by atoms with E-state index in [1.807, 2.05) is 0 Å². The topological polar surface area (TPSA) is 111 Å². The van der Waals surface area contributed by atoms with E-state index < -0.39 is 11.9 Å². The van der Waals surface area contributed by atoms with Crippen molar-refractivity contribution in [1.29, 1.82) is 5.26 Å². The van der Waals surface area contributed by atoms with Crippen LogP contribution in [0.25, 0.3) is 0 Å². The van der Waals surface area contributed by atoms with E-state index in [9.17, 15) is 9.59 Å². The number of rotatable bonds is 9. The molecule has 0 aromatic heterocycles. The number of carboxylic acid groups (broad SMARTS) is 1. The maximum atomic E-state index is 11.5. The molecule has 0 bridgehead atoms. The van der Waals surface area contributed by atoms with Crippen LogP contribution in [0.2, 0.25) is 0 Å². The van der Waals surface area contributed by atoms with Crippen LogP contribution in [-0.4, -0.2) is 43.8 Å². The molecule has 0 heterocycles. The number of hydrogen-bond donors (Lipinski definition) is 3. The van der Waals surface area contributed by atoms with E-state index in [4.69, 9.17) is 15.1 Å². The fourth-order valence-electron chi connectivity index (χ4n) is 1.02. The summed E-state index contributed by atoms with van der Waals surface area (Å²) in [4.78, 5) is 21.7. The first-order chi connectivity index (χ1) is 8.61. The number of carbonyl (C=O) groups is 2. The summed E-state index contributed by atoms with van der Waals surface area (Å²) in [5.74, 6) is -1.44. The van der Waals surface area contributed by atoms with E-state index in [1.165, 1.54) is 6.20 Å². The molecule has 1 amide bonds.